The molecule has 1 saturated heterocycles. The summed E-state index contributed by atoms with van der Waals surface area (Å²) < 4.78 is 11.3. The number of likely N-dealkylation sites (tertiary alicyclic amines) is 1. The molecule has 1 heterocycles. The Balaban J connectivity index is 3.26. The van der Waals surface area contributed by atoms with Crippen LogP contribution in [0.1, 0.15) is 67.2 Å². The normalized spacial score (nSPS) is 23.7. The molecule has 26 heavy (non-hydrogen) atoms. The second-order valence-electron chi connectivity index (χ2n) is 8.12. The van der Waals surface area contributed by atoms with Crippen molar-refractivity contribution < 1.29 is 19.1 Å². The summed E-state index contributed by atoms with van der Waals surface area (Å²) in [5.74, 6) is -0.195. The van der Waals surface area contributed by atoms with Crippen LogP contribution in [-0.4, -0.2) is 53.3 Å². The van der Waals surface area contributed by atoms with Crippen LogP contribution in [0.2, 0.25) is 0 Å². The maximum absolute atomic E-state index is 12.8. The van der Waals surface area contributed by atoms with Crippen molar-refractivity contribution in [3.8, 4) is 6.07 Å². The first-order valence-corrected chi connectivity index (χ1v) is 9.22. The van der Waals surface area contributed by atoms with Crippen LogP contribution in [0.15, 0.2) is 0 Å². The number of hydrogen-bond donors (Lipinski definition) is 1. The van der Waals surface area contributed by atoms with Gasteiger partial charge in [0.25, 0.3) is 0 Å². The number of amides is 2. The molecule has 0 aromatic carbocycles. The molecule has 1 N–H and O–H groups in total. The predicted octanol–water partition coefficient (Wildman–Crippen LogP) is 2.99. The van der Waals surface area contributed by atoms with Crippen LogP contribution in [0.4, 0.5) is 4.79 Å². The van der Waals surface area contributed by atoms with Gasteiger partial charge in [0.15, 0.2) is 0 Å². The van der Waals surface area contributed by atoms with E-state index in [0.717, 1.165) is 6.42 Å². The van der Waals surface area contributed by atoms with Crippen LogP contribution < -0.4 is 5.32 Å². The smallest absolute Gasteiger partial charge is 0.411 e. The highest BCUT2D eigenvalue weighted by Gasteiger charge is 2.49. The third-order valence-corrected chi connectivity index (χ3v) is 4.80. The van der Waals surface area contributed by atoms with Gasteiger partial charge in [-0.15, -0.1) is 0 Å². The van der Waals surface area contributed by atoms with Crippen molar-refractivity contribution >= 4 is 12.0 Å². The number of nitrogens with zero attached hydrogens (tertiary/aromatic N) is 2. The van der Waals surface area contributed by atoms with Crippen molar-refractivity contribution in [3.63, 3.8) is 0 Å². The molecule has 0 radical (unpaired) electrons. The predicted molar refractivity (Wildman–Crippen MR) is 98.4 cm³/mol. The first-order valence-electron chi connectivity index (χ1n) is 9.22. The van der Waals surface area contributed by atoms with Crippen molar-refractivity contribution in [1.82, 2.24) is 10.2 Å². The standard InChI is InChI=1S/C19H33N3O4/c1-8-11-19(6,25-7)16(21-13(2)23)15-10-9-14(12-20)22(15)17(24)26-18(3,4)5/h14-16H,8-11H2,1-7H3,(H,21,23)/t14-,15-,16-,19+/m1/s1. The lowest BCUT2D eigenvalue weighted by molar-refractivity contribution is -0.124. The minimum atomic E-state index is -0.665. The molecule has 2 amide bonds. The van der Waals surface area contributed by atoms with Gasteiger partial charge in [0.05, 0.1) is 23.8 Å². The number of carbonyl (C=O) groups is 2. The van der Waals surface area contributed by atoms with E-state index >= 15 is 0 Å². The van der Waals surface area contributed by atoms with Gasteiger partial charge < -0.3 is 14.8 Å². The monoisotopic (exact) mass is 367 g/mol. The van der Waals surface area contributed by atoms with Crippen molar-refractivity contribution in [1.29, 1.82) is 5.26 Å². The number of rotatable bonds is 6. The summed E-state index contributed by atoms with van der Waals surface area (Å²) in [7, 11) is 1.61. The molecule has 0 aromatic rings. The fourth-order valence-electron chi connectivity index (χ4n) is 3.62. The summed E-state index contributed by atoms with van der Waals surface area (Å²) in [6.45, 7) is 10.8. The fourth-order valence-corrected chi connectivity index (χ4v) is 3.62. The molecule has 4 atom stereocenters. The topological polar surface area (TPSA) is 91.7 Å². The first kappa shape index (κ1) is 22.2. The van der Waals surface area contributed by atoms with Gasteiger partial charge in [-0.3, -0.25) is 9.69 Å². The molecular weight excluding hydrogens is 334 g/mol. The minimum Gasteiger partial charge on any atom is -0.444 e. The van der Waals surface area contributed by atoms with Gasteiger partial charge in [0.1, 0.15) is 11.6 Å². The molecule has 0 unspecified atom stereocenters. The Morgan fingerprint density at radius 3 is 2.35 bits per heavy atom. The lowest BCUT2D eigenvalue weighted by atomic mass is 9.85. The lowest BCUT2D eigenvalue weighted by Gasteiger charge is -2.43. The van der Waals surface area contributed by atoms with Crippen LogP contribution in [0.5, 0.6) is 0 Å². The van der Waals surface area contributed by atoms with Gasteiger partial charge in [-0.1, -0.05) is 13.3 Å². The summed E-state index contributed by atoms with van der Waals surface area (Å²) in [5.41, 5.74) is -1.32. The Labute approximate surface area is 157 Å². The van der Waals surface area contributed by atoms with Gasteiger partial charge in [-0.25, -0.2) is 4.79 Å². The van der Waals surface area contributed by atoms with Crippen LogP contribution >= 0.6 is 0 Å². The Kier molecular flexibility index (Phi) is 7.45. The summed E-state index contributed by atoms with van der Waals surface area (Å²) in [6.07, 6.45) is 2.19. The van der Waals surface area contributed by atoms with Gasteiger partial charge in [0.2, 0.25) is 5.91 Å². The molecule has 7 heteroatoms. The maximum atomic E-state index is 12.8. The summed E-state index contributed by atoms with van der Waals surface area (Å²) in [5, 5.41) is 12.5. The quantitative estimate of drug-likeness (QED) is 0.779. The van der Waals surface area contributed by atoms with Gasteiger partial charge in [-0.05, 0) is 47.0 Å². The van der Waals surface area contributed by atoms with E-state index in [9.17, 15) is 14.9 Å². The van der Waals surface area contributed by atoms with E-state index in [0.29, 0.717) is 19.3 Å². The lowest BCUT2D eigenvalue weighted by Crippen LogP contribution is -2.62. The van der Waals surface area contributed by atoms with Crippen molar-refractivity contribution in [3.05, 3.63) is 0 Å². The fraction of sp³-hybridized carbons (Fsp3) is 0.842. The summed E-state index contributed by atoms with van der Waals surface area (Å²) in [6, 6.07) is 0.816. The van der Waals surface area contributed by atoms with E-state index < -0.39 is 29.4 Å². The van der Waals surface area contributed by atoms with Crippen molar-refractivity contribution in [2.75, 3.05) is 7.11 Å². The number of carbonyl (C=O) groups excluding carboxylic acids is 2. The first-order chi connectivity index (χ1) is 12.0. The average Bonchev–Trinajstić information content (AvgIpc) is 2.94. The molecule has 0 saturated carbocycles. The maximum Gasteiger partial charge on any atom is 0.411 e. The summed E-state index contributed by atoms with van der Waals surface area (Å²) >= 11 is 0. The van der Waals surface area contributed by atoms with Crippen LogP contribution in [-0.2, 0) is 14.3 Å². The Morgan fingerprint density at radius 2 is 1.92 bits per heavy atom. The molecule has 0 aromatic heterocycles. The highest BCUT2D eigenvalue weighted by molar-refractivity contribution is 5.74. The highest BCUT2D eigenvalue weighted by atomic mass is 16.6. The van der Waals surface area contributed by atoms with Gasteiger partial charge >= 0.3 is 6.09 Å². The van der Waals surface area contributed by atoms with Crippen LogP contribution in [0, 0.1) is 11.3 Å². The zero-order valence-electron chi connectivity index (χ0n) is 17.1. The molecular formula is C19H33N3O4. The molecule has 0 bridgehead atoms. The second-order valence-corrected chi connectivity index (χ2v) is 8.12. The minimum absolute atomic E-state index is 0.195. The Hall–Kier alpha value is -1.81. The van der Waals surface area contributed by atoms with Crippen molar-refractivity contribution in [2.45, 2.75) is 96.6 Å². The molecule has 1 aliphatic heterocycles. The second kappa shape index (κ2) is 8.72. The van der Waals surface area contributed by atoms with E-state index in [1.807, 2.05) is 13.8 Å². The molecule has 0 spiro atoms. The largest absolute Gasteiger partial charge is 0.444 e. The van der Waals surface area contributed by atoms with E-state index in [1.54, 1.807) is 27.9 Å². The SMILES string of the molecule is CCC[C@](C)(OC)[C@H](NC(C)=O)[C@H]1CC[C@H](C#N)N1C(=O)OC(C)(C)C. The van der Waals surface area contributed by atoms with Crippen molar-refractivity contribution in [2.24, 2.45) is 0 Å². The van der Waals surface area contributed by atoms with Crippen LogP contribution in [0.3, 0.4) is 0 Å². The van der Waals surface area contributed by atoms with E-state index in [-0.39, 0.29) is 11.9 Å². The number of hydrogen-bond acceptors (Lipinski definition) is 5. The summed E-state index contributed by atoms with van der Waals surface area (Å²) in [4.78, 5) is 26.2. The number of nitriles is 1. The molecule has 0 aliphatic carbocycles. The van der Waals surface area contributed by atoms with Crippen LogP contribution in [0.25, 0.3) is 0 Å². The molecule has 1 aliphatic rings. The average molecular weight is 367 g/mol. The zero-order chi connectivity index (χ0) is 20.1. The third kappa shape index (κ3) is 5.34. The Morgan fingerprint density at radius 1 is 1.31 bits per heavy atom. The Bertz CT molecular complexity index is 552. The third-order valence-electron chi connectivity index (χ3n) is 4.80. The highest BCUT2D eigenvalue weighted by Crippen LogP contribution is 2.34. The van der Waals surface area contributed by atoms with E-state index in [4.69, 9.17) is 9.47 Å². The molecule has 1 rings (SSSR count). The van der Waals surface area contributed by atoms with Gasteiger partial charge in [-0.2, -0.15) is 5.26 Å². The molecule has 7 nitrogen and oxygen atoms in total. The molecule has 148 valence electrons. The van der Waals surface area contributed by atoms with E-state index in [1.165, 1.54) is 11.8 Å². The van der Waals surface area contributed by atoms with E-state index in [2.05, 4.69) is 11.4 Å². The number of nitrogens with one attached hydrogen (secondary N) is 1. The van der Waals surface area contributed by atoms with Gasteiger partial charge in [0, 0.05) is 14.0 Å². The number of methoxy groups -OCH3 is 1. The number of ether oxygens (including phenoxy) is 2. The zero-order valence-corrected chi connectivity index (χ0v) is 17.1. The molecule has 1 fully saturated rings.